The van der Waals surface area contributed by atoms with Crippen LogP contribution in [0.15, 0.2) is 24.3 Å². The van der Waals surface area contributed by atoms with E-state index in [0.29, 0.717) is 6.61 Å². The van der Waals surface area contributed by atoms with Gasteiger partial charge in [0.15, 0.2) is 0 Å². The van der Waals surface area contributed by atoms with E-state index in [2.05, 4.69) is 51.2 Å². The summed E-state index contributed by atoms with van der Waals surface area (Å²) in [7, 11) is 0. The van der Waals surface area contributed by atoms with Crippen LogP contribution in [-0.2, 0) is 10.2 Å². The van der Waals surface area contributed by atoms with Crippen molar-refractivity contribution in [1.29, 1.82) is 0 Å². The van der Waals surface area contributed by atoms with Gasteiger partial charge in [0.05, 0.1) is 6.61 Å². The highest BCUT2D eigenvalue weighted by molar-refractivity contribution is 5.38. The zero-order chi connectivity index (χ0) is 15.6. The lowest BCUT2D eigenvalue weighted by atomic mass is 9.86. The summed E-state index contributed by atoms with van der Waals surface area (Å²) in [6.07, 6.45) is 2.33. The molecule has 3 nitrogen and oxygen atoms in total. The zero-order valence-electron chi connectivity index (χ0n) is 14.1. The highest BCUT2D eigenvalue weighted by atomic mass is 16.5. The summed E-state index contributed by atoms with van der Waals surface area (Å²) in [5.74, 6) is 0.992. The van der Waals surface area contributed by atoms with Crippen LogP contribution in [0.2, 0.25) is 0 Å². The molecule has 1 rings (SSSR count). The van der Waals surface area contributed by atoms with Crippen molar-refractivity contribution in [2.24, 2.45) is 0 Å². The van der Waals surface area contributed by atoms with Gasteiger partial charge in [0.2, 0.25) is 0 Å². The van der Waals surface area contributed by atoms with Gasteiger partial charge >= 0.3 is 0 Å². The maximum atomic E-state index is 5.91. The van der Waals surface area contributed by atoms with E-state index >= 15 is 0 Å². The fourth-order valence-corrected chi connectivity index (χ4v) is 2.06. The quantitative estimate of drug-likeness (QED) is 0.666. The molecule has 0 unspecified atom stereocenters. The summed E-state index contributed by atoms with van der Waals surface area (Å²) in [5.41, 5.74) is 1.37. The van der Waals surface area contributed by atoms with Gasteiger partial charge in [0.25, 0.3) is 0 Å². The lowest BCUT2D eigenvalue weighted by Crippen LogP contribution is -2.25. The van der Waals surface area contributed by atoms with Crippen molar-refractivity contribution in [2.45, 2.75) is 46.0 Å². The number of ether oxygens (including phenoxy) is 2. The Morgan fingerprint density at radius 2 is 1.71 bits per heavy atom. The molecule has 0 heterocycles. The van der Waals surface area contributed by atoms with Gasteiger partial charge in [-0.2, -0.15) is 0 Å². The summed E-state index contributed by atoms with van der Waals surface area (Å²) in [6, 6.07) is 8.29. The van der Waals surface area contributed by atoms with Crippen LogP contribution < -0.4 is 10.1 Å². The first kappa shape index (κ1) is 18.0. The lowest BCUT2D eigenvalue weighted by Gasteiger charge is -2.22. The number of hydrogen-bond donors (Lipinski definition) is 1. The van der Waals surface area contributed by atoms with Crippen LogP contribution in [0.1, 0.15) is 46.1 Å². The molecule has 120 valence electrons. The SMILES string of the molecule is CCCCOCCNCCOc1ccccc1C(C)(C)C. The third-order valence-electron chi connectivity index (χ3n) is 3.30. The summed E-state index contributed by atoms with van der Waals surface area (Å²) in [4.78, 5) is 0. The Balaban J connectivity index is 2.19. The molecular weight excluding hydrogens is 262 g/mol. The molecule has 21 heavy (non-hydrogen) atoms. The van der Waals surface area contributed by atoms with Gasteiger partial charge in [-0.1, -0.05) is 52.3 Å². The van der Waals surface area contributed by atoms with E-state index in [0.717, 1.165) is 38.5 Å². The van der Waals surface area contributed by atoms with Crippen molar-refractivity contribution < 1.29 is 9.47 Å². The minimum Gasteiger partial charge on any atom is -0.492 e. The van der Waals surface area contributed by atoms with Gasteiger partial charge in [0, 0.05) is 19.7 Å². The molecule has 1 N–H and O–H groups in total. The molecule has 0 fully saturated rings. The van der Waals surface area contributed by atoms with Gasteiger partial charge in [-0.15, -0.1) is 0 Å². The first-order valence-corrected chi connectivity index (χ1v) is 8.06. The summed E-state index contributed by atoms with van der Waals surface area (Å²) in [6.45, 7) is 12.9. The summed E-state index contributed by atoms with van der Waals surface area (Å²) < 4.78 is 11.4. The molecule has 0 saturated heterocycles. The molecule has 0 radical (unpaired) electrons. The fraction of sp³-hybridized carbons (Fsp3) is 0.667. The lowest BCUT2D eigenvalue weighted by molar-refractivity contribution is 0.132. The molecular formula is C18H31NO2. The van der Waals surface area contributed by atoms with Gasteiger partial charge in [-0.05, 0) is 23.5 Å². The van der Waals surface area contributed by atoms with Gasteiger partial charge in [-0.3, -0.25) is 0 Å². The third-order valence-corrected chi connectivity index (χ3v) is 3.30. The van der Waals surface area contributed by atoms with Crippen molar-refractivity contribution in [3.8, 4) is 5.75 Å². The Morgan fingerprint density at radius 1 is 1.00 bits per heavy atom. The molecule has 0 bridgehead atoms. The Kier molecular flexibility index (Phi) is 8.40. The predicted octanol–water partition coefficient (Wildman–Crippen LogP) is 3.77. The molecule has 1 aromatic carbocycles. The molecule has 0 aliphatic heterocycles. The topological polar surface area (TPSA) is 30.5 Å². The summed E-state index contributed by atoms with van der Waals surface area (Å²) in [5, 5.41) is 3.34. The maximum absolute atomic E-state index is 5.91. The number of benzene rings is 1. The second-order valence-electron chi connectivity index (χ2n) is 6.31. The second-order valence-corrected chi connectivity index (χ2v) is 6.31. The smallest absolute Gasteiger partial charge is 0.123 e. The van der Waals surface area contributed by atoms with Crippen LogP contribution >= 0.6 is 0 Å². The number of rotatable bonds is 10. The molecule has 3 heteroatoms. The van der Waals surface area contributed by atoms with Crippen LogP contribution in [0.4, 0.5) is 0 Å². The number of unbranched alkanes of at least 4 members (excludes halogenated alkanes) is 1. The zero-order valence-corrected chi connectivity index (χ0v) is 14.1. The van der Waals surface area contributed by atoms with Gasteiger partial charge < -0.3 is 14.8 Å². The Bertz CT molecular complexity index is 385. The average molecular weight is 293 g/mol. The molecule has 0 spiro atoms. The van der Waals surface area contributed by atoms with Gasteiger partial charge in [0.1, 0.15) is 12.4 Å². The average Bonchev–Trinajstić information content (AvgIpc) is 2.45. The van der Waals surface area contributed by atoms with Crippen molar-refractivity contribution in [1.82, 2.24) is 5.32 Å². The van der Waals surface area contributed by atoms with Crippen molar-refractivity contribution >= 4 is 0 Å². The van der Waals surface area contributed by atoms with Crippen molar-refractivity contribution in [3.63, 3.8) is 0 Å². The van der Waals surface area contributed by atoms with Crippen molar-refractivity contribution in [2.75, 3.05) is 32.9 Å². The largest absolute Gasteiger partial charge is 0.492 e. The van der Waals surface area contributed by atoms with Crippen LogP contribution in [0.5, 0.6) is 5.75 Å². The highest BCUT2D eigenvalue weighted by Crippen LogP contribution is 2.30. The molecule has 0 aliphatic carbocycles. The molecule has 1 aromatic rings. The van der Waals surface area contributed by atoms with E-state index in [4.69, 9.17) is 9.47 Å². The van der Waals surface area contributed by atoms with Crippen LogP contribution in [0.3, 0.4) is 0 Å². The Hall–Kier alpha value is -1.06. The van der Waals surface area contributed by atoms with E-state index in [-0.39, 0.29) is 5.41 Å². The Morgan fingerprint density at radius 3 is 2.43 bits per heavy atom. The first-order chi connectivity index (χ1) is 10.1. The molecule has 0 aliphatic rings. The molecule has 0 aromatic heterocycles. The standard InChI is InChI=1S/C18H31NO2/c1-5-6-13-20-14-11-19-12-15-21-17-10-8-7-9-16(17)18(2,3)4/h7-10,19H,5-6,11-15H2,1-4H3. The fourth-order valence-electron chi connectivity index (χ4n) is 2.06. The van der Waals surface area contributed by atoms with E-state index in [9.17, 15) is 0 Å². The minimum absolute atomic E-state index is 0.108. The van der Waals surface area contributed by atoms with Gasteiger partial charge in [-0.25, -0.2) is 0 Å². The minimum atomic E-state index is 0.108. The number of nitrogens with one attached hydrogen (secondary N) is 1. The molecule has 0 atom stereocenters. The van der Waals surface area contributed by atoms with Crippen LogP contribution in [-0.4, -0.2) is 32.9 Å². The first-order valence-electron chi connectivity index (χ1n) is 8.06. The normalized spacial score (nSPS) is 11.6. The Labute approximate surface area is 130 Å². The predicted molar refractivity (Wildman–Crippen MR) is 89.2 cm³/mol. The number of para-hydroxylation sites is 1. The summed E-state index contributed by atoms with van der Waals surface area (Å²) >= 11 is 0. The van der Waals surface area contributed by atoms with E-state index in [1.807, 2.05) is 6.07 Å². The molecule has 0 amide bonds. The van der Waals surface area contributed by atoms with E-state index in [1.165, 1.54) is 12.0 Å². The van der Waals surface area contributed by atoms with Crippen LogP contribution in [0.25, 0.3) is 0 Å². The van der Waals surface area contributed by atoms with E-state index in [1.54, 1.807) is 0 Å². The van der Waals surface area contributed by atoms with Crippen LogP contribution in [0, 0.1) is 0 Å². The monoisotopic (exact) mass is 293 g/mol. The molecule has 0 saturated carbocycles. The highest BCUT2D eigenvalue weighted by Gasteiger charge is 2.17. The third kappa shape index (κ3) is 7.49. The number of hydrogen-bond acceptors (Lipinski definition) is 3. The van der Waals surface area contributed by atoms with E-state index < -0.39 is 0 Å². The van der Waals surface area contributed by atoms with Crippen molar-refractivity contribution in [3.05, 3.63) is 29.8 Å². The second kappa shape index (κ2) is 9.80. The maximum Gasteiger partial charge on any atom is 0.123 e.